The molecular weight excluding hydrogens is 265 g/mol. The Morgan fingerprint density at radius 3 is 2.40 bits per heavy atom. The number of methoxy groups -OCH3 is 1. The molecular formula is C7H7Cl2NO4S. The van der Waals surface area contributed by atoms with Gasteiger partial charge in [-0.1, -0.05) is 28.1 Å². The molecule has 8 heteroatoms. The van der Waals surface area contributed by atoms with Crippen molar-refractivity contribution in [3.8, 4) is 5.75 Å². The van der Waals surface area contributed by atoms with Crippen molar-refractivity contribution in [2.45, 2.75) is 4.90 Å². The average Bonchev–Trinajstić information content (AvgIpc) is 2.20. The largest absolute Gasteiger partial charge is 0.495 e. The minimum Gasteiger partial charge on any atom is -0.495 e. The molecule has 2 N–H and O–H groups in total. The van der Waals surface area contributed by atoms with E-state index in [9.17, 15) is 8.42 Å². The van der Waals surface area contributed by atoms with E-state index in [1.165, 1.54) is 13.2 Å². The average molecular weight is 272 g/mol. The van der Waals surface area contributed by atoms with Gasteiger partial charge in [0.2, 0.25) is 0 Å². The minimum absolute atomic E-state index is 0.0794. The van der Waals surface area contributed by atoms with E-state index in [1.54, 1.807) is 0 Å². The quantitative estimate of drug-likeness (QED) is 0.821. The Morgan fingerprint density at radius 1 is 1.33 bits per heavy atom. The Morgan fingerprint density at radius 2 is 1.93 bits per heavy atom. The summed E-state index contributed by atoms with van der Waals surface area (Å²) in [6.07, 6.45) is 0. The highest BCUT2D eigenvalue weighted by molar-refractivity contribution is 7.89. The van der Waals surface area contributed by atoms with Gasteiger partial charge in [-0.2, -0.15) is 0 Å². The van der Waals surface area contributed by atoms with Gasteiger partial charge in [-0.15, -0.1) is 0 Å². The number of benzene rings is 1. The van der Waals surface area contributed by atoms with Gasteiger partial charge in [0.15, 0.2) is 0 Å². The van der Waals surface area contributed by atoms with E-state index in [1.807, 2.05) is 0 Å². The van der Waals surface area contributed by atoms with Gasteiger partial charge < -0.3 is 9.94 Å². The Labute approximate surface area is 96.6 Å². The molecule has 0 spiro atoms. The summed E-state index contributed by atoms with van der Waals surface area (Å²) in [4.78, 5) is 0.830. The highest BCUT2D eigenvalue weighted by atomic mass is 35.5. The first-order valence-corrected chi connectivity index (χ1v) is 5.85. The predicted octanol–water partition coefficient (Wildman–Crippen LogP) is 1.67. The highest BCUT2D eigenvalue weighted by Gasteiger charge is 2.19. The summed E-state index contributed by atoms with van der Waals surface area (Å²) in [5.41, 5.74) is 0. The van der Waals surface area contributed by atoms with Crippen molar-refractivity contribution in [1.29, 1.82) is 0 Å². The molecule has 0 aromatic heterocycles. The fourth-order valence-electron chi connectivity index (χ4n) is 0.922. The number of hydrogen-bond acceptors (Lipinski definition) is 4. The normalized spacial score (nSPS) is 11.5. The molecule has 0 bridgehead atoms. The minimum atomic E-state index is -4.04. The van der Waals surface area contributed by atoms with Gasteiger partial charge in [-0.05, 0) is 6.07 Å². The molecule has 0 aliphatic carbocycles. The van der Waals surface area contributed by atoms with Crippen molar-refractivity contribution < 1.29 is 18.4 Å². The van der Waals surface area contributed by atoms with Gasteiger partial charge in [0.25, 0.3) is 10.0 Å². The second kappa shape index (κ2) is 4.54. The molecule has 0 heterocycles. The fraction of sp³-hybridized carbons (Fsp3) is 0.143. The van der Waals surface area contributed by atoms with E-state index in [0.29, 0.717) is 0 Å². The van der Waals surface area contributed by atoms with Crippen LogP contribution in [-0.4, -0.2) is 20.7 Å². The van der Waals surface area contributed by atoms with Crippen LogP contribution in [0.3, 0.4) is 0 Å². The molecule has 84 valence electrons. The molecule has 1 aromatic carbocycles. The van der Waals surface area contributed by atoms with Crippen LogP contribution in [0.4, 0.5) is 0 Å². The predicted molar refractivity (Wildman–Crippen MR) is 55.1 cm³/mol. The Kier molecular flexibility index (Phi) is 3.80. The first-order valence-electron chi connectivity index (χ1n) is 3.61. The molecule has 0 atom stereocenters. The van der Waals surface area contributed by atoms with Crippen LogP contribution in [0.25, 0.3) is 0 Å². The van der Waals surface area contributed by atoms with Gasteiger partial charge in [-0.25, -0.2) is 8.42 Å². The third-order valence-electron chi connectivity index (χ3n) is 1.62. The van der Waals surface area contributed by atoms with Crippen LogP contribution in [0.5, 0.6) is 5.75 Å². The zero-order chi connectivity index (χ0) is 11.6. The standard InChI is InChI=1S/C7H7Cl2NO4S/c1-14-6-2-5(9)7(3-4(6)8)15(12,13)10-11/h2-3,10-11H,1H3. The topological polar surface area (TPSA) is 75.6 Å². The molecule has 0 amide bonds. The number of hydrogen-bond donors (Lipinski definition) is 2. The summed E-state index contributed by atoms with van der Waals surface area (Å²) in [7, 11) is -2.67. The summed E-state index contributed by atoms with van der Waals surface area (Å²) in [6, 6.07) is 2.33. The van der Waals surface area contributed by atoms with Crippen LogP contribution in [0.15, 0.2) is 17.0 Å². The Balaban J connectivity index is 3.41. The zero-order valence-corrected chi connectivity index (χ0v) is 9.82. The van der Waals surface area contributed by atoms with Crippen LogP contribution in [0.1, 0.15) is 0 Å². The van der Waals surface area contributed by atoms with Crippen molar-refractivity contribution in [2.24, 2.45) is 0 Å². The van der Waals surface area contributed by atoms with Crippen molar-refractivity contribution in [2.75, 3.05) is 7.11 Å². The summed E-state index contributed by atoms with van der Waals surface area (Å²) in [6.45, 7) is 0. The van der Waals surface area contributed by atoms with Crippen LogP contribution in [0, 0.1) is 0 Å². The molecule has 0 saturated carbocycles. The fourth-order valence-corrected chi connectivity index (χ4v) is 2.37. The van der Waals surface area contributed by atoms with Crippen LogP contribution in [0.2, 0.25) is 10.0 Å². The molecule has 1 rings (SSSR count). The second-order valence-corrected chi connectivity index (χ2v) is 4.96. The van der Waals surface area contributed by atoms with Crippen LogP contribution >= 0.6 is 23.2 Å². The highest BCUT2D eigenvalue weighted by Crippen LogP contribution is 2.32. The number of ether oxygens (including phenoxy) is 1. The number of sulfonamides is 1. The molecule has 0 saturated heterocycles. The van der Waals surface area contributed by atoms with E-state index in [0.717, 1.165) is 11.0 Å². The third-order valence-corrected chi connectivity index (χ3v) is 3.49. The Bertz CT molecular complexity index is 474. The first-order chi connectivity index (χ1) is 6.92. The lowest BCUT2D eigenvalue weighted by Gasteiger charge is -2.08. The van der Waals surface area contributed by atoms with Crippen molar-refractivity contribution in [3.05, 3.63) is 22.2 Å². The van der Waals surface area contributed by atoms with Crippen molar-refractivity contribution >= 4 is 33.2 Å². The van der Waals surface area contributed by atoms with Gasteiger partial charge in [0.1, 0.15) is 10.6 Å². The molecule has 5 nitrogen and oxygen atoms in total. The first kappa shape index (κ1) is 12.5. The van der Waals surface area contributed by atoms with E-state index in [2.05, 4.69) is 0 Å². The molecule has 1 aromatic rings. The van der Waals surface area contributed by atoms with Crippen molar-refractivity contribution in [1.82, 2.24) is 4.89 Å². The lowest BCUT2D eigenvalue weighted by molar-refractivity contribution is 0.242. The lowest BCUT2D eigenvalue weighted by Crippen LogP contribution is -2.19. The van der Waals surface area contributed by atoms with Gasteiger partial charge >= 0.3 is 0 Å². The molecule has 0 fully saturated rings. The van der Waals surface area contributed by atoms with Crippen molar-refractivity contribution in [3.63, 3.8) is 0 Å². The van der Waals surface area contributed by atoms with Crippen LogP contribution < -0.4 is 9.62 Å². The number of nitrogens with one attached hydrogen (secondary N) is 1. The van der Waals surface area contributed by atoms with E-state index in [4.69, 9.17) is 33.1 Å². The SMILES string of the molecule is COc1cc(Cl)c(S(=O)(=O)NO)cc1Cl. The molecule has 0 radical (unpaired) electrons. The van der Waals surface area contributed by atoms with Gasteiger partial charge in [-0.3, -0.25) is 0 Å². The summed E-state index contributed by atoms with van der Waals surface area (Å²) in [5, 5.41) is 8.40. The number of rotatable bonds is 3. The van der Waals surface area contributed by atoms with Gasteiger partial charge in [0.05, 0.1) is 17.2 Å². The smallest absolute Gasteiger partial charge is 0.263 e. The summed E-state index contributed by atoms with van der Waals surface area (Å²) >= 11 is 11.4. The molecule has 0 aliphatic rings. The maximum absolute atomic E-state index is 11.2. The maximum Gasteiger partial charge on any atom is 0.263 e. The lowest BCUT2D eigenvalue weighted by atomic mass is 10.3. The summed E-state index contributed by atoms with van der Waals surface area (Å²) in [5.74, 6) is 0.249. The van der Waals surface area contributed by atoms with E-state index >= 15 is 0 Å². The second-order valence-electron chi connectivity index (χ2n) is 2.51. The van der Waals surface area contributed by atoms with Gasteiger partial charge in [0, 0.05) is 6.07 Å². The Hall–Kier alpha value is -0.530. The maximum atomic E-state index is 11.2. The number of halogens is 2. The molecule has 0 unspecified atom stereocenters. The van der Waals surface area contributed by atoms with E-state index < -0.39 is 10.0 Å². The van der Waals surface area contributed by atoms with E-state index in [-0.39, 0.29) is 20.7 Å². The molecule has 0 aliphatic heterocycles. The monoisotopic (exact) mass is 271 g/mol. The van der Waals surface area contributed by atoms with Crippen LogP contribution in [-0.2, 0) is 10.0 Å². The molecule has 15 heavy (non-hydrogen) atoms. The summed E-state index contributed by atoms with van der Waals surface area (Å²) < 4.78 is 27.3. The third kappa shape index (κ3) is 2.53. The zero-order valence-electron chi connectivity index (χ0n) is 7.49.